The Morgan fingerprint density at radius 3 is 2.00 bits per heavy atom. The van der Waals surface area contributed by atoms with E-state index in [9.17, 15) is 14.7 Å². The number of unbranched alkanes of at least 4 members (excludes halogenated alkanes) is 2. The van der Waals surface area contributed by atoms with Crippen molar-refractivity contribution in [1.82, 2.24) is 0 Å². The maximum Gasteiger partial charge on any atom is 0.336 e. The van der Waals surface area contributed by atoms with E-state index in [4.69, 9.17) is 9.47 Å². The summed E-state index contributed by atoms with van der Waals surface area (Å²) in [5, 5.41) is 9.70. The molecule has 2 unspecified atom stereocenters. The van der Waals surface area contributed by atoms with Gasteiger partial charge in [-0.3, -0.25) is 0 Å². The Kier molecular flexibility index (Phi) is 13.8. The molecule has 2 atom stereocenters. The molecule has 4 rings (SSSR count). The van der Waals surface area contributed by atoms with Crippen molar-refractivity contribution in [1.29, 1.82) is 0 Å². The summed E-state index contributed by atoms with van der Waals surface area (Å²) in [5.74, 6) is -0.510. The molecule has 0 bridgehead atoms. The molecule has 1 fully saturated rings. The van der Waals surface area contributed by atoms with Crippen LogP contribution in [0.2, 0.25) is 0 Å². The van der Waals surface area contributed by atoms with E-state index in [0.717, 1.165) is 38.5 Å². The zero-order valence-corrected chi connectivity index (χ0v) is 29.4. The molecule has 0 radical (unpaired) electrons. The fraction of sp³-hybridized carbons (Fsp3) is 0.442. The molecule has 0 amide bonds. The second kappa shape index (κ2) is 18.0. The minimum atomic E-state index is -0.977. The van der Waals surface area contributed by atoms with Gasteiger partial charge in [-0.25, -0.2) is 9.59 Å². The Morgan fingerprint density at radius 1 is 0.812 bits per heavy atom. The first-order valence-corrected chi connectivity index (χ1v) is 17.8. The molecule has 0 aliphatic heterocycles. The highest BCUT2D eigenvalue weighted by Gasteiger charge is 2.31. The number of hydrogen-bond acceptors (Lipinski definition) is 5. The number of benzene rings is 3. The molecule has 0 spiro atoms. The number of aryl methyl sites for hydroxylation is 2. The van der Waals surface area contributed by atoms with Gasteiger partial charge in [0.1, 0.15) is 0 Å². The highest BCUT2D eigenvalue weighted by atomic mass is 16.5. The van der Waals surface area contributed by atoms with Crippen molar-refractivity contribution in [2.24, 2.45) is 11.8 Å². The fourth-order valence-electron chi connectivity index (χ4n) is 6.72. The Morgan fingerprint density at radius 2 is 1.42 bits per heavy atom. The van der Waals surface area contributed by atoms with Crippen molar-refractivity contribution >= 4 is 11.9 Å². The zero-order chi connectivity index (χ0) is 34.6. The summed E-state index contributed by atoms with van der Waals surface area (Å²) in [6.07, 6.45) is 8.83. The predicted octanol–water partition coefficient (Wildman–Crippen LogP) is 9.81. The topological polar surface area (TPSA) is 72.8 Å². The number of carbonyl (C=O) groups is 2. The third-order valence-electron chi connectivity index (χ3n) is 9.95. The summed E-state index contributed by atoms with van der Waals surface area (Å²) in [4.78, 5) is 24.5. The molecule has 5 nitrogen and oxygen atoms in total. The lowest BCUT2D eigenvalue weighted by Crippen LogP contribution is -2.31. The first kappa shape index (κ1) is 36.9. The van der Waals surface area contributed by atoms with Crippen LogP contribution in [-0.2, 0) is 31.9 Å². The van der Waals surface area contributed by atoms with Crippen LogP contribution in [0.15, 0.2) is 91.0 Å². The number of hydrogen-bond donors (Lipinski definition) is 1. The largest absolute Gasteiger partial charge is 0.462 e. The van der Waals surface area contributed by atoms with Gasteiger partial charge in [0.2, 0.25) is 0 Å². The van der Waals surface area contributed by atoms with Gasteiger partial charge >= 0.3 is 11.9 Å². The van der Waals surface area contributed by atoms with E-state index in [0.29, 0.717) is 11.5 Å². The quantitative estimate of drug-likeness (QED) is 0.0949. The first-order valence-electron chi connectivity index (χ1n) is 17.8. The summed E-state index contributed by atoms with van der Waals surface area (Å²) < 4.78 is 11.0. The SMILES string of the molecule is C=C(C)C(=O)OCC(COC(=O)C(=C)C(C)O)C1CCC(c2ccc(-c3ccc(-c4ccc(CCCCC)cc4)cc3CC)cc2)CC1. The molecule has 3 aromatic carbocycles. The molecular weight excluding hydrogens is 596 g/mol. The first-order chi connectivity index (χ1) is 23.1. The highest BCUT2D eigenvalue weighted by Crippen LogP contribution is 2.40. The maximum absolute atomic E-state index is 12.4. The monoisotopic (exact) mass is 650 g/mol. The Balaban J connectivity index is 1.39. The molecule has 48 heavy (non-hydrogen) atoms. The van der Waals surface area contributed by atoms with E-state index < -0.39 is 18.0 Å². The van der Waals surface area contributed by atoms with Crippen LogP contribution in [0.4, 0.5) is 0 Å². The van der Waals surface area contributed by atoms with Crippen molar-refractivity contribution in [3.8, 4) is 22.3 Å². The molecule has 0 heterocycles. The van der Waals surface area contributed by atoms with E-state index in [-0.39, 0.29) is 30.6 Å². The van der Waals surface area contributed by atoms with E-state index >= 15 is 0 Å². The number of rotatable bonds is 16. The molecule has 1 saturated carbocycles. The van der Waals surface area contributed by atoms with Gasteiger partial charge < -0.3 is 14.6 Å². The Hall–Kier alpha value is -3.96. The molecule has 0 saturated heterocycles. The molecule has 1 aliphatic carbocycles. The van der Waals surface area contributed by atoms with Crippen molar-refractivity contribution in [2.45, 2.75) is 97.5 Å². The standard InChI is InChI=1S/C43H54O5/c1-7-9-10-11-32-12-14-36(15-13-32)39-24-25-41(33(8-2)26-39)38-22-20-35(21-23-38)34-16-18-37(19-17-34)40(27-47-42(45)29(3)4)28-48-43(46)30(5)31(6)44/h12-15,20-26,31,34,37,40,44H,3,5,7-11,16-19,27-28H2,1-2,4,6H3. The normalized spacial score (nSPS) is 17.3. The zero-order valence-electron chi connectivity index (χ0n) is 29.4. The third kappa shape index (κ3) is 10.0. The fourth-order valence-corrected chi connectivity index (χ4v) is 6.72. The average molecular weight is 651 g/mol. The highest BCUT2D eigenvalue weighted by molar-refractivity contribution is 5.88. The molecule has 1 aliphatic rings. The number of esters is 2. The minimum absolute atomic E-state index is 0.0182. The molecule has 3 aromatic rings. The second-order valence-electron chi connectivity index (χ2n) is 13.6. The van der Waals surface area contributed by atoms with Gasteiger partial charge in [0.05, 0.1) is 24.9 Å². The van der Waals surface area contributed by atoms with Crippen LogP contribution in [0.3, 0.4) is 0 Å². The molecule has 1 N–H and O–H groups in total. The van der Waals surface area contributed by atoms with Crippen molar-refractivity contribution in [3.05, 3.63) is 108 Å². The van der Waals surface area contributed by atoms with Gasteiger partial charge in [0.15, 0.2) is 0 Å². The lowest BCUT2D eigenvalue weighted by molar-refractivity contribution is -0.146. The summed E-state index contributed by atoms with van der Waals surface area (Å²) in [5.41, 5.74) is 9.52. The van der Waals surface area contributed by atoms with E-state index in [1.54, 1.807) is 6.92 Å². The van der Waals surface area contributed by atoms with Crippen molar-refractivity contribution in [3.63, 3.8) is 0 Å². The Labute approximate surface area is 288 Å². The lowest BCUT2D eigenvalue weighted by atomic mass is 9.74. The molecule has 256 valence electrons. The van der Waals surface area contributed by atoms with E-state index in [2.05, 4.69) is 93.7 Å². The van der Waals surface area contributed by atoms with Crippen LogP contribution in [-0.4, -0.2) is 36.4 Å². The summed E-state index contributed by atoms with van der Waals surface area (Å²) >= 11 is 0. The smallest absolute Gasteiger partial charge is 0.336 e. The molecule has 0 aromatic heterocycles. The molecular formula is C43H54O5. The van der Waals surface area contributed by atoms with Crippen LogP contribution in [0.1, 0.15) is 95.2 Å². The van der Waals surface area contributed by atoms with Gasteiger partial charge in [0, 0.05) is 11.5 Å². The Bertz CT molecular complexity index is 1520. The second-order valence-corrected chi connectivity index (χ2v) is 13.6. The predicted molar refractivity (Wildman–Crippen MR) is 196 cm³/mol. The van der Waals surface area contributed by atoms with E-state index in [1.165, 1.54) is 65.1 Å². The average Bonchev–Trinajstić information content (AvgIpc) is 3.11. The summed E-state index contributed by atoms with van der Waals surface area (Å²) in [6.45, 7) is 15.1. The summed E-state index contributed by atoms with van der Waals surface area (Å²) in [7, 11) is 0. The third-order valence-corrected chi connectivity index (χ3v) is 9.95. The number of aliphatic hydroxyl groups is 1. The summed E-state index contributed by atoms with van der Waals surface area (Å²) in [6, 6.07) is 25.0. The lowest BCUT2D eigenvalue weighted by Gasteiger charge is -2.33. The van der Waals surface area contributed by atoms with Gasteiger partial charge in [-0.05, 0) is 110 Å². The number of ether oxygens (including phenoxy) is 2. The van der Waals surface area contributed by atoms with Crippen LogP contribution >= 0.6 is 0 Å². The number of aliphatic hydroxyl groups excluding tert-OH is 1. The van der Waals surface area contributed by atoms with Crippen molar-refractivity contribution < 1.29 is 24.2 Å². The van der Waals surface area contributed by atoms with Crippen molar-refractivity contribution in [2.75, 3.05) is 13.2 Å². The van der Waals surface area contributed by atoms with Gasteiger partial charge in [-0.1, -0.05) is 107 Å². The van der Waals surface area contributed by atoms with Crippen LogP contribution < -0.4 is 0 Å². The minimum Gasteiger partial charge on any atom is -0.462 e. The van der Waals surface area contributed by atoms with Gasteiger partial charge in [-0.15, -0.1) is 0 Å². The van der Waals surface area contributed by atoms with Crippen LogP contribution in [0, 0.1) is 11.8 Å². The molecule has 5 heteroatoms. The van der Waals surface area contributed by atoms with Gasteiger partial charge in [-0.2, -0.15) is 0 Å². The van der Waals surface area contributed by atoms with Crippen LogP contribution in [0.5, 0.6) is 0 Å². The van der Waals surface area contributed by atoms with Crippen LogP contribution in [0.25, 0.3) is 22.3 Å². The number of carbonyl (C=O) groups excluding carboxylic acids is 2. The maximum atomic E-state index is 12.4. The van der Waals surface area contributed by atoms with Gasteiger partial charge in [0.25, 0.3) is 0 Å². The van der Waals surface area contributed by atoms with E-state index in [1.807, 2.05) is 0 Å².